The quantitative estimate of drug-likeness (QED) is 0.572. The lowest BCUT2D eigenvalue weighted by molar-refractivity contribution is -0.154. The lowest BCUT2D eigenvalue weighted by Crippen LogP contribution is -2.63. The van der Waals surface area contributed by atoms with E-state index in [9.17, 15) is 9.59 Å². The molecule has 37 heavy (non-hydrogen) atoms. The Bertz CT molecular complexity index is 981. The molecule has 1 aliphatic carbocycles. The van der Waals surface area contributed by atoms with Crippen LogP contribution < -0.4 is 0 Å². The van der Waals surface area contributed by atoms with E-state index in [0.29, 0.717) is 18.5 Å². The molecule has 0 N–H and O–H groups in total. The predicted molar refractivity (Wildman–Crippen MR) is 143 cm³/mol. The standard InChI is InChI=1S/C30H45N3O4/c1-21(2)24-8-6-7-9-25(24)26-18-32(22-10-15-36-20-22)19-27(34)33(26)23-16-30(17-23)11-13-31(14-12-30)28(35)37-29(3,4)5/h6-9,21-23,26H,10-20H2,1-5H3. The van der Waals surface area contributed by atoms with Gasteiger partial charge in [0.2, 0.25) is 5.91 Å². The van der Waals surface area contributed by atoms with Gasteiger partial charge >= 0.3 is 6.09 Å². The summed E-state index contributed by atoms with van der Waals surface area (Å²) in [6, 6.07) is 9.39. The van der Waals surface area contributed by atoms with Crippen molar-refractivity contribution in [3.63, 3.8) is 0 Å². The Labute approximate surface area is 222 Å². The molecule has 0 bridgehead atoms. The highest BCUT2D eigenvalue weighted by Crippen LogP contribution is 2.53. The van der Waals surface area contributed by atoms with Crippen molar-refractivity contribution in [3.05, 3.63) is 35.4 Å². The van der Waals surface area contributed by atoms with Crippen molar-refractivity contribution in [1.82, 2.24) is 14.7 Å². The Hall–Kier alpha value is -2.12. The first kappa shape index (κ1) is 26.5. The van der Waals surface area contributed by atoms with Gasteiger partial charge in [0.05, 0.1) is 19.2 Å². The first-order valence-electron chi connectivity index (χ1n) is 14.2. The van der Waals surface area contributed by atoms with Crippen LogP contribution in [0.2, 0.25) is 0 Å². The fraction of sp³-hybridized carbons (Fsp3) is 0.733. The highest BCUT2D eigenvalue weighted by molar-refractivity contribution is 5.80. The summed E-state index contributed by atoms with van der Waals surface area (Å²) < 4.78 is 11.3. The predicted octanol–water partition coefficient (Wildman–Crippen LogP) is 4.96. The maximum atomic E-state index is 13.8. The molecule has 204 valence electrons. The van der Waals surface area contributed by atoms with Crippen LogP contribution in [-0.4, -0.2) is 83.8 Å². The van der Waals surface area contributed by atoms with Crippen LogP contribution in [0.1, 0.15) is 89.8 Å². The van der Waals surface area contributed by atoms with E-state index < -0.39 is 5.60 Å². The van der Waals surface area contributed by atoms with Crippen LogP contribution in [0.4, 0.5) is 4.79 Å². The van der Waals surface area contributed by atoms with Crippen LogP contribution in [0.15, 0.2) is 24.3 Å². The third-order valence-electron chi connectivity index (χ3n) is 8.98. The third kappa shape index (κ3) is 5.53. The van der Waals surface area contributed by atoms with E-state index in [4.69, 9.17) is 9.47 Å². The summed E-state index contributed by atoms with van der Waals surface area (Å²) >= 11 is 0. The van der Waals surface area contributed by atoms with E-state index >= 15 is 0 Å². The Morgan fingerprint density at radius 3 is 2.43 bits per heavy atom. The normalized spacial score (nSPS) is 27.1. The van der Waals surface area contributed by atoms with Crippen LogP contribution in [0.5, 0.6) is 0 Å². The SMILES string of the molecule is CC(C)c1ccccc1C1CN(C2CCOC2)CC(=O)N1C1CC2(CCN(C(=O)OC(C)(C)C)CC2)C1. The topological polar surface area (TPSA) is 62.3 Å². The minimum atomic E-state index is -0.470. The molecule has 3 aliphatic heterocycles. The van der Waals surface area contributed by atoms with Gasteiger partial charge in [-0.05, 0) is 75.3 Å². The summed E-state index contributed by atoms with van der Waals surface area (Å²) in [4.78, 5) is 32.8. The summed E-state index contributed by atoms with van der Waals surface area (Å²) in [5.74, 6) is 0.663. The second kappa shape index (κ2) is 10.2. The number of hydrogen-bond donors (Lipinski definition) is 0. The monoisotopic (exact) mass is 511 g/mol. The highest BCUT2D eigenvalue weighted by atomic mass is 16.6. The number of piperazine rings is 1. The van der Waals surface area contributed by atoms with Gasteiger partial charge in [-0.1, -0.05) is 38.1 Å². The van der Waals surface area contributed by atoms with Gasteiger partial charge in [0.15, 0.2) is 0 Å². The number of ether oxygens (including phenoxy) is 2. The average molecular weight is 512 g/mol. The fourth-order valence-corrected chi connectivity index (χ4v) is 6.97. The van der Waals surface area contributed by atoms with E-state index in [1.165, 1.54) is 11.1 Å². The van der Waals surface area contributed by atoms with E-state index in [1.54, 1.807) is 0 Å². The second-order valence-corrected chi connectivity index (χ2v) is 13.1. The maximum Gasteiger partial charge on any atom is 0.410 e. The van der Waals surface area contributed by atoms with Crippen molar-refractivity contribution >= 4 is 12.0 Å². The van der Waals surface area contributed by atoms with Crippen molar-refractivity contribution in [2.24, 2.45) is 5.41 Å². The van der Waals surface area contributed by atoms with Crippen molar-refractivity contribution in [1.29, 1.82) is 0 Å². The molecule has 2 unspecified atom stereocenters. The zero-order chi connectivity index (χ0) is 26.4. The fourth-order valence-electron chi connectivity index (χ4n) is 6.97. The molecule has 7 nitrogen and oxygen atoms in total. The Balaban J connectivity index is 1.30. The van der Waals surface area contributed by atoms with Crippen LogP contribution in [0, 0.1) is 5.41 Å². The largest absolute Gasteiger partial charge is 0.444 e. The van der Waals surface area contributed by atoms with Gasteiger partial charge in [-0.25, -0.2) is 4.79 Å². The minimum Gasteiger partial charge on any atom is -0.444 e. The molecular formula is C30H45N3O4. The number of carbonyl (C=O) groups is 2. The molecule has 0 aromatic heterocycles. The van der Waals surface area contributed by atoms with Crippen molar-refractivity contribution < 1.29 is 19.1 Å². The summed E-state index contributed by atoms with van der Waals surface area (Å²) in [6.45, 7) is 14.6. The number of amides is 2. The number of benzene rings is 1. The summed E-state index contributed by atoms with van der Waals surface area (Å²) in [5.41, 5.74) is 2.41. The molecule has 1 spiro atoms. The van der Waals surface area contributed by atoms with Gasteiger partial charge in [0.1, 0.15) is 5.60 Å². The van der Waals surface area contributed by atoms with Crippen molar-refractivity contribution in [2.75, 3.05) is 39.4 Å². The first-order valence-corrected chi connectivity index (χ1v) is 14.2. The lowest BCUT2D eigenvalue weighted by Gasteiger charge is -2.58. The molecule has 1 aromatic carbocycles. The zero-order valence-electron chi connectivity index (χ0n) is 23.4. The van der Waals surface area contributed by atoms with Gasteiger partial charge in [-0.3, -0.25) is 9.69 Å². The van der Waals surface area contributed by atoms with Gasteiger partial charge in [0, 0.05) is 38.3 Å². The van der Waals surface area contributed by atoms with Crippen LogP contribution >= 0.6 is 0 Å². The number of rotatable bonds is 4. The number of piperidine rings is 1. The van der Waals surface area contributed by atoms with Crippen LogP contribution in [0.3, 0.4) is 0 Å². The number of carbonyl (C=O) groups excluding carboxylic acids is 2. The summed E-state index contributed by atoms with van der Waals surface area (Å²) in [6.07, 6.45) is 4.85. The molecule has 7 heteroatoms. The Morgan fingerprint density at radius 1 is 1.11 bits per heavy atom. The third-order valence-corrected chi connectivity index (χ3v) is 8.98. The summed E-state index contributed by atoms with van der Waals surface area (Å²) in [5, 5.41) is 0. The molecule has 1 saturated carbocycles. The van der Waals surface area contributed by atoms with Crippen LogP contribution in [0.25, 0.3) is 0 Å². The molecule has 4 aliphatic rings. The molecule has 2 atom stereocenters. The van der Waals surface area contributed by atoms with Gasteiger partial charge in [-0.2, -0.15) is 0 Å². The molecule has 4 fully saturated rings. The van der Waals surface area contributed by atoms with E-state index in [1.807, 2.05) is 25.7 Å². The second-order valence-electron chi connectivity index (χ2n) is 13.1. The van der Waals surface area contributed by atoms with Gasteiger partial charge in [0.25, 0.3) is 0 Å². The Morgan fingerprint density at radius 2 is 1.81 bits per heavy atom. The maximum absolute atomic E-state index is 13.8. The first-order chi connectivity index (χ1) is 17.6. The van der Waals surface area contributed by atoms with E-state index in [-0.39, 0.29) is 29.5 Å². The number of hydrogen-bond acceptors (Lipinski definition) is 5. The molecule has 2 amide bonds. The Kier molecular flexibility index (Phi) is 7.31. The van der Waals surface area contributed by atoms with Gasteiger partial charge < -0.3 is 19.3 Å². The van der Waals surface area contributed by atoms with Crippen molar-refractivity contribution in [3.8, 4) is 0 Å². The summed E-state index contributed by atoms with van der Waals surface area (Å²) in [7, 11) is 0. The number of nitrogens with zero attached hydrogens (tertiary/aromatic N) is 3. The average Bonchev–Trinajstić information content (AvgIpc) is 3.36. The van der Waals surface area contributed by atoms with E-state index in [0.717, 1.165) is 65.0 Å². The highest BCUT2D eigenvalue weighted by Gasteiger charge is 2.52. The minimum absolute atomic E-state index is 0.0738. The molecule has 3 heterocycles. The van der Waals surface area contributed by atoms with Gasteiger partial charge in [-0.15, -0.1) is 0 Å². The number of likely N-dealkylation sites (tertiary alicyclic amines) is 1. The zero-order valence-corrected chi connectivity index (χ0v) is 23.4. The van der Waals surface area contributed by atoms with Crippen molar-refractivity contribution in [2.45, 2.75) is 96.4 Å². The molecule has 5 rings (SSSR count). The van der Waals surface area contributed by atoms with E-state index in [2.05, 4.69) is 47.9 Å². The smallest absolute Gasteiger partial charge is 0.410 e. The van der Waals surface area contributed by atoms with Crippen LogP contribution in [-0.2, 0) is 14.3 Å². The molecular weight excluding hydrogens is 466 g/mol. The molecule has 3 saturated heterocycles. The molecule has 0 radical (unpaired) electrons. The molecule has 1 aromatic rings. The lowest BCUT2D eigenvalue weighted by atomic mass is 9.59.